The average Bonchev–Trinajstić information content (AvgIpc) is 2.61. The Labute approximate surface area is 120 Å². The minimum absolute atomic E-state index is 0.0227. The molecule has 1 heterocycles. The van der Waals surface area contributed by atoms with E-state index < -0.39 is 0 Å². The Morgan fingerprint density at radius 3 is 2.53 bits per heavy atom. The highest BCUT2D eigenvalue weighted by Crippen LogP contribution is 2.33. The molecule has 0 radical (unpaired) electrons. The largest absolute Gasteiger partial charge is 0.398 e. The van der Waals surface area contributed by atoms with Gasteiger partial charge in [-0.05, 0) is 56.5 Å². The normalized spacial score (nSPS) is 10.5. The highest BCUT2D eigenvalue weighted by Gasteiger charge is 2.16. The summed E-state index contributed by atoms with van der Waals surface area (Å²) in [4.78, 5) is 12.2. The monoisotopic (exact) mass is 373 g/mol. The van der Waals surface area contributed by atoms with Gasteiger partial charge in [0, 0.05) is 16.8 Å². The first-order valence-corrected chi connectivity index (χ1v) is 7.25. The molecule has 0 atom stereocenters. The number of benzene rings is 1. The summed E-state index contributed by atoms with van der Waals surface area (Å²) in [7, 11) is 0. The number of carbonyl (C=O) groups excluding carboxylic acids is 1. The molecule has 0 aliphatic heterocycles. The van der Waals surface area contributed by atoms with Crippen LogP contribution in [0.15, 0.2) is 31.8 Å². The average molecular weight is 375 g/mol. The SMILES string of the molecule is Cc1ccc(C(=O)c2cc(Br)sc2Br)cc1N. The van der Waals surface area contributed by atoms with Gasteiger partial charge in [-0.2, -0.15) is 0 Å². The fourth-order valence-electron chi connectivity index (χ4n) is 1.43. The van der Waals surface area contributed by atoms with Crippen molar-refractivity contribution in [1.82, 2.24) is 0 Å². The predicted octanol–water partition coefficient (Wildman–Crippen LogP) is 4.39. The van der Waals surface area contributed by atoms with Gasteiger partial charge >= 0.3 is 0 Å². The molecule has 0 aliphatic rings. The molecule has 0 fully saturated rings. The van der Waals surface area contributed by atoms with Crippen LogP contribution < -0.4 is 5.73 Å². The topological polar surface area (TPSA) is 43.1 Å². The van der Waals surface area contributed by atoms with Crippen molar-refractivity contribution in [3.05, 3.63) is 48.5 Å². The summed E-state index contributed by atoms with van der Waals surface area (Å²) in [6, 6.07) is 7.19. The molecule has 2 aromatic rings. The first kappa shape index (κ1) is 12.8. The van der Waals surface area contributed by atoms with Crippen molar-refractivity contribution in [2.24, 2.45) is 0 Å². The maximum Gasteiger partial charge on any atom is 0.195 e. The van der Waals surface area contributed by atoms with E-state index in [1.165, 1.54) is 11.3 Å². The fraction of sp³-hybridized carbons (Fsp3) is 0.0833. The molecule has 0 saturated heterocycles. The number of rotatable bonds is 2. The van der Waals surface area contributed by atoms with Gasteiger partial charge in [-0.3, -0.25) is 4.79 Å². The van der Waals surface area contributed by atoms with E-state index in [0.29, 0.717) is 16.8 Å². The van der Waals surface area contributed by atoms with Gasteiger partial charge in [-0.25, -0.2) is 0 Å². The van der Waals surface area contributed by atoms with E-state index in [1.54, 1.807) is 12.1 Å². The fourth-order valence-corrected chi connectivity index (χ4v) is 4.23. The third-order valence-electron chi connectivity index (χ3n) is 2.44. The van der Waals surface area contributed by atoms with Gasteiger partial charge in [-0.1, -0.05) is 12.1 Å². The Morgan fingerprint density at radius 2 is 2.00 bits per heavy atom. The molecule has 0 saturated carbocycles. The number of aryl methyl sites for hydroxylation is 1. The van der Waals surface area contributed by atoms with Crippen LogP contribution in [0.25, 0.3) is 0 Å². The van der Waals surface area contributed by atoms with E-state index in [4.69, 9.17) is 5.73 Å². The molecule has 17 heavy (non-hydrogen) atoms. The Bertz CT molecular complexity index is 592. The number of carbonyl (C=O) groups is 1. The molecule has 0 spiro atoms. The van der Waals surface area contributed by atoms with Crippen molar-refractivity contribution in [1.29, 1.82) is 0 Å². The summed E-state index contributed by atoms with van der Waals surface area (Å²) < 4.78 is 1.75. The van der Waals surface area contributed by atoms with Crippen LogP contribution in [0, 0.1) is 6.92 Å². The maximum atomic E-state index is 12.2. The van der Waals surface area contributed by atoms with Crippen molar-refractivity contribution in [2.75, 3.05) is 5.73 Å². The molecule has 0 amide bonds. The zero-order chi connectivity index (χ0) is 12.6. The standard InChI is InChI=1S/C12H9Br2NOS/c1-6-2-3-7(4-9(6)15)11(16)8-5-10(13)17-12(8)14/h2-5H,15H2,1H3. The van der Waals surface area contributed by atoms with Gasteiger partial charge in [0.25, 0.3) is 0 Å². The van der Waals surface area contributed by atoms with Gasteiger partial charge < -0.3 is 5.73 Å². The number of hydrogen-bond acceptors (Lipinski definition) is 3. The molecular formula is C12H9Br2NOS. The van der Waals surface area contributed by atoms with Crippen LogP contribution in [0.5, 0.6) is 0 Å². The summed E-state index contributed by atoms with van der Waals surface area (Å²) >= 11 is 8.23. The number of hydrogen-bond donors (Lipinski definition) is 1. The zero-order valence-corrected chi connectivity index (χ0v) is 12.9. The van der Waals surface area contributed by atoms with E-state index in [9.17, 15) is 4.79 Å². The van der Waals surface area contributed by atoms with E-state index >= 15 is 0 Å². The second kappa shape index (κ2) is 4.92. The zero-order valence-electron chi connectivity index (χ0n) is 8.96. The second-order valence-electron chi connectivity index (χ2n) is 3.64. The molecule has 0 bridgehead atoms. The number of anilines is 1. The summed E-state index contributed by atoms with van der Waals surface area (Å²) in [5, 5.41) is 0. The molecular weight excluding hydrogens is 366 g/mol. The molecule has 2 N–H and O–H groups in total. The molecule has 0 aliphatic carbocycles. The molecule has 1 aromatic heterocycles. The summed E-state index contributed by atoms with van der Waals surface area (Å²) in [5.74, 6) is -0.0227. The van der Waals surface area contributed by atoms with E-state index in [1.807, 2.05) is 19.1 Å². The quantitative estimate of drug-likeness (QED) is 0.625. The number of nitrogens with two attached hydrogens (primary N) is 1. The Hall–Kier alpha value is -0.650. The first-order chi connectivity index (χ1) is 7.99. The lowest BCUT2D eigenvalue weighted by Crippen LogP contribution is -2.02. The molecule has 2 rings (SSSR count). The maximum absolute atomic E-state index is 12.2. The van der Waals surface area contributed by atoms with Gasteiger partial charge in [0.2, 0.25) is 0 Å². The lowest BCUT2D eigenvalue weighted by molar-refractivity contribution is 0.103. The number of ketones is 1. The van der Waals surface area contributed by atoms with Crippen molar-refractivity contribution in [2.45, 2.75) is 6.92 Å². The minimum atomic E-state index is -0.0227. The Balaban J connectivity index is 2.44. The highest BCUT2D eigenvalue weighted by molar-refractivity contribution is 9.12. The van der Waals surface area contributed by atoms with E-state index in [-0.39, 0.29) is 5.78 Å². The summed E-state index contributed by atoms with van der Waals surface area (Å²) in [6.45, 7) is 1.92. The molecule has 0 unspecified atom stereocenters. The third-order valence-corrected chi connectivity index (χ3v) is 4.78. The lowest BCUT2D eigenvalue weighted by Gasteiger charge is -2.03. The van der Waals surface area contributed by atoms with Crippen LogP contribution in [0.2, 0.25) is 0 Å². The first-order valence-electron chi connectivity index (χ1n) is 4.84. The predicted molar refractivity (Wildman–Crippen MR) is 78.7 cm³/mol. The number of halogens is 2. The lowest BCUT2D eigenvalue weighted by atomic mass is 10.0. The van der Waals surface area contributed by atoms with Crippen molar-refractivity contribution in [3.63, 3.8) is 0 Å². The molecule has 5 heteroatoms. The van der Waals surface area contributed by atoms with Crippen LogP contribution in [0.1, 0.15) is 21.5 Å². The van der Waals surface area contributed by atoms with Crippen LogP contribution in [-0.2, 0) is 0 Å². The minimum Gasteiger partial charge on any atom is -0.398 e. The Morgan fingerprint density at radius 1 is 1.29 bits per heavy atom. The van der Waals surface area contributed by atoms with Crippen LogP contribution >= 0.6 is 43.2 Å². The van der Waals surface area contributed by atoms with Crippen molar-refractivity contribution in [3.8, 4) is 0 Å². The smallest absolute Gasteiger partial charge is 0.195 e. The number of nitrogen functional groups attached to an aromatic ring is 1. The van der Waals surface area contributed by atoms with Crippen molar-refractivity contribution >= 4 is 54.7 Å². The third kappa shape index (κ3) is 2.61. The highest BCUT2D eigenvalue weighted by atomic mass is 79.9. The van der Waals surface area contributed by atoms with Gasteiger partial charge in [-0.15, -0.1) is 11.3 Å². The van der Waals surface area contributed by atoms with Gasteiger partial charge in [0.15, 0.2) is 5.78 Å². The van der Waals surface area contributed by atoms with Crippen LogP contribution in [0.4, 0.5) is 5.69 Å². The van der Waals surface area contributed by atoms with Crippen LogP contribution in [0.3, 0.4) is 0 Å². The molecule has 1 aromatic carbocycles. The van der Waals surface area contributed by atoms with Gasteiger partial charge in [0.05, 0.1) is 7.57 Å². The summed E-state index contributed by atoms with van der Waals surface area (Å²) in [5.41, 5.74) is 8.70. The van der Waals surface area contributed by atoms with Gasteiger partial charge in [0.1, 0.15) is 0 Å². The second-order valence-corrected chi connectivity index (χ2v) is 7.39. The van der Waals surface area contributed by atoms with Crippen molar-refractivity contribution < 1.29 is 4.79 Å². The van der Waals surface area contributed by atoms with Crippen LogP contribution in [-0.4, -0.2) is 5.78 Å². The molecule has 88 valence electrons. The van der Waals surface area contributed by atoms with E-state index in [0.717, 1.165) is 13.1 Å². The van der Waals surface area contributed by atoms with E-state index in [2.05, 4.69) is 31.9 Å². The summed E-state index contributed by atoms with van der Waals surface area (Å²) in [6.07, 6.45) is 0. The molecule has 2 nitrogen and oxygen atoms in total. The number of thiophene rings is 1. The Kier molecular flexibility index (Phi) is 3.70.